The summed E-state index contributed by atoms with van der Waals surface area (Å²) in [5, 5.41) is 4.92. The Kier molecular flexibility index (Phi) is 5.50. The molecular formula is C26H29N5O2. The number of carbonyl (C=O) groups excluding carboxylic acids is 2. The van der Waals surface area contributed by atoms with Crippen molar-refractivity contribution >= 4 is 11.9 Å². The number of carbonyl (C=O) groups is 2. The van der Waals surface area contributed by atoms with Gasteiger partial charge in [-0.05, 0) is 31.9 Å². The molecule has 33 heavy (non-hydrogen) atoms. The van der Waals surface area contributed by atoms with Crippen molar-refractivity contribution in [1.82, 2.24) is 24.5 Å². The number of likely N-dealkylation sites (N-methyl/N-ethyl adjacent to an activating group) is 2. The summed E-state index contributed by atoms with van der Waals surface area (Å²) in [7, 11) is 1.60. The van der Waals surface area contributed by atoms with E-state index in [0.29, 0.717) is 19.4 Å². The summed E-state index contributed by atoms with van der Waals surface area (Å²) in [5.41, 5.74) is 3.55. The van der Waals surface area contributed by atoms with Crippen molar-refractivity contribution in [3.8, 4) is 16.9 Å². The molecule has 170 valence electrons. The van der Waals surface area contributed by atoms with Crippen molar-refractivity contribution in [2.24, 2.45) is 0 Å². The van der Waals surface area contributed by atoms with Crippen LogP contribution < -0.4 is 0 Å². The molecule has 0 atom stereocenters. The van der Waals surface area contributed by atoms with Gasteiger partial charge in [0.15, 0.2) is 0 Å². The van der Waals surface area contributed by atoms with Crippen LogP contribution >= 0.6 is 0 Å². The van der Waals surface area contributed by atoms with Gasteiger partial charge in [-0.3, -0.25) is 14.6 Å². The van der Waals surface area contributed by atoms with Crippen LogP contribution in [0, 0.1) is 0 Å². The number of aromatic nitrogens is 2. The molecule has 7 nitrogen and oxygen atoms in total. The van der Waals surface area contributed by atoms with Crippen LogP contribution in [0.4, 0.5) is 4.79 Å². The third-order valence-corrected chi connectivity index (χ3v) is 6.99. The van der Waals surface area contributed by atoms with Gasteiger partial charge in [-0.1, -0.05) is 48.5 Å². The highest BCUT2D eigenvalue weighted by molar-refractivity contribution is 6.06. The van der Waals surface area contributed by atoms with Crippen molar-refractivity contribution in [2.45, 2.75) is 31.8 Å². The molecule has 2 fully saturated rings. The molecule has 0 saturated carbocycles. The third-order valence-electron chi connectivity index (χ3n) is 6.99. The summed E-state index contributed by atoms with van der Waals surface area (Å²) in [5.74, 6) is -0.0594. The van der Waals surface area contributed by atoms with E-state index in [1.807, 2.05) is 48.0 Å². The standard InChI is InChI=1S/C26H29N5O2/c1-3-30-25(33)28(2)24(32)26(30)14-16-29(17-15-26)18-21-19-31(22-12-8-5-9-13-22)27-23(21)20-10-6-4-7-11-20/h4-13,19H,3,14-18H2,1-2H3. The van der Waals surface area contributed by atoms with Crippen LogP contribution in [-0.2, 0) is 11.3 Å². The van der Waals surface area contributed by atoms with Crippen molar-refractivity contribution in [2.75, 3.05) is 26.7 Å². The lowest BCUT2D eigenvalue weighted by molar-refractivity contribution is -0.134. The SMILES string of the molecule is CCN1C(=O)N(C)C(=O)C12CCN(Cc1cn(-c3ccccc3)nc1-c1ccccc1)CC2. The maximum Gasteiger partial charge on any atom is 0.327 e. The highest BCUT2D eigenvalue weighted by Gasteiger charge is 2.56. The van der Waals surface area contributed by atoms with E-state index in [9.17, 15) is 9.59 Å². The van der Waals surface area contributed by atoms with Crippen LogP contribution in [0.5, 0.6) is 0 Å². The Morgan fingerprint density at radius 1 is 0.939 bits per heavy atom. The average molecular weight is 444 g/mol. The fourth-order valence-corrected chi connectivity index (χ4v) is 5.20. The van der Waals surface area contributed by atoms with Crippen molar-refractivity contribution in [3.63, 3.8) is 0 Å². The van der Waals surface area contributed by atoms with Crippen molar-refractivity contribution in [1.29, 1.82) is 0 Å². The van der Waals surface area contributed by atoms with Gasteiger partial charge >= 0.3 is 6.03 Å². The molecule has 2 aliphatic heterocycles. The van der Waals surface area contributed by atoms with Crippen LogP contribution in [0.3, 0.4) is 0 Å². The number of urea groups is 1. The molecule has 2 aliphatic rings. The number of nitrogens with zero attached hydrogens (tertiary/aromatic N) is 5. The van der Waals surface area contributed by atoms with E-state index in [4.69, 9.17) is 5.10 Å². The third kappa shape index (κ3) is 3.62. The van der Waals surface area contributed by atoms with Gasteiger partial charge in [-0.2, -0.15) is 5.10 Å². The van der Waals surface area contributed by atoms with Crippen LogP contribution in [0.15, 0.2) is 66.9 Å². The summed E-state index contributed by atoms with van der Waals surface area (Å²) < 4.78 is 1.94. The maximum absolute atomic E-state index is 13.0. The molecule has 1 aromatic heterocycles. The Morgan fingerprint density at radius 2 is 1.58 bits per heavy atom. The Morgan fingerprint density at radius 3 is 2.21 bits per heavy atom. The summed E-state index contributed by atoms with van der Waals surface area (Å²) in [6.07, 6.45) is 3.42. The Balaban J connectivity index is 1.40. The lowest BCUT2D eigenvalue weighted by atomic mass is 9.85. The topological polar surface area (TPSA) is 61.7 Å². The number of piperidine rings is 1. The zero-order valence-corrected chi connectivity index (χ0v) is 19.1. The summed E-state index contributed by atoms with van der Waals surface area (Å²) >= 11 is 0. The Bertz CT molecular complexity index is 1150. The lowest BCUT2D eigenvalue weighted by Gasteiger charge is -2.41. The molecule has 0 unspecified atom stereocenters. The van der Waals surface area contributed by atoms with Crippen LogP contribution in [0.1, 0.15) is 25.3 Å². The number of benzene rings is 2. The lowest BCUT2D eigenvalue weighted by Crippen LogP contribution is -2.56. The Hall–Kier alpha value is -3.45. The van der Waals surface area contributed by atoms with Gasteiger partial charge in [0, 0.05) is 50.6 Å². The molecule has 7 heteroatoms. The number of likely N-dealkylation sites (tertiary alicyclic amines) is 1. The van der Waals surface area contributed by atoms with E-state index in [1.165, 1.54) is 4.90 Å². The molecule has 1 spiro atoms. The number of para-hydroxylation sites is 1. The molecule has 0 bridgehead atoms. The molecule has 2 saturated heterocycles. The first kappa shape index (κ1) is 21.4. The van der Waals surface area contributed by atoms with E-state index in [-0.39, 0.29) is 11.9 Å². The number of imide groups is 1. The fourth-order valence-electron chi connectivity index (χ4n) is 5.20. The predicted octanol–water partition coefficient (Wildman–Crippen LogP) is 3.79. The number of amides is 3. The van der Waals surface area contributed by atoms with Gasteiger partial charge in [0.2, 0.25) is 0 Å². The van der Waals surface area contributed by atoms with E-state index in [2.05, 4.69) is 35.4 Å². The van der Waals surface area contributed by atoms with E-state index in [1.54, 1.807) is 11.9 Å². The number of hydrogen-bond donors (Lipinski definition) is 0. The molecule has 5 rings (SSSR count). The first-order valence-electron chi connectivity index (χ1n) is 11.5. The molecule has 0 N–H and O–H groups in total. The van der Waals surface area contributed by atoms with E-state index in [0.717, 1.165) is 42.1 Å². The molecule has 0 radical (unpaired) electrons. The smallest absolute Gasteiger partial charge is 0.310 e. The molecule has 3 aromatic rings. The molecular weight excluding hydrogens is 414 g/mol. The second kappa shape index (κ2) is 8.48. The molecule has 3 amide bonds. The van der Waals surface area contributed by atoms with Gasteiger partial charge in [0.25, 0.3) is 5.91 Å². The summed E-state index contributed by atoms with van der Waals surface area (Å²) in [4.78, 5) is 30.9. The largest absolute Gasteiger partial charge is 0.327 e. The van der Waals surface area contributed by atoms with Crippen LogP contribution in [0.2, 0.25) is 0 Å². The summed E-state index contributed by atoms with van der Waals surface area (Å²) in [6.45, 7) is 4.76. The fraction of sp³-hybridized carbons (Fsp3) is 0.346. The Labute approximate surface area is 194 Å². The number of hydrogen-bond acceptors (Lipinski definition) is 4. The van der Waals surface area contributed by atoms with Gasteiger partial charge in [0.1, 0.15) is 5.54 Å². The van der Waals surface area contributed by atoms with Gasteiger partial charge < -0.3 is 4.90 Å². The van der Waals surface area contributed by atoms with Crippen LogP contribution in [-0.4, -0.2) is 68.6 Å². The van der Waals surface area contributed by atoms with Gasteiger partial charge in [0.05, 0.1) is 11.4 Å². The molecule has 3 heterocycles. The van der Waals surface area contributed by atoms with Crippen LogP contribution in [0.25, 0.3) is 16.9 Å². The minimum absolute atomic E-state index is 0.0594. The quantitative estimate of drug-likeness (QED) is 0.563. The molecule has 0 aliphatic carbocycles. The zero-order chi connectivity index (χ0) is 23.0. The first-order chi connectivity index (χ1) is 16.0. The van der Waals surface area contributed by atoms with Crippen molar-refractivity contribution in [3.05, 3.63) is 72.4 Å². The van der Waals surface area contributed by atoms with Gasteiger partial charge in [-0.15, -0.1) is 0 Å². The van der Waals surface area contributed by atoms with E-state index >= 15 is 0 Å². The average Bonchev–Trinajstić information content (AvgIpc) is 3.35. The molecule has 2 aromatic carbocycles. The summed E-state index contributed by atoms with van der Waals surface area (Å²) in [6, 6.07) is 20.2. The maximum atomic E-state index is 13.0. The second-order valence-electron chi connectivity index (χ2n) is 8.85. The monoisotopic (exact) mass is 443 g/mol. The zero-order valence-electron chi connectivity index (χ0n) is 19.1. The van der Waals surface area contributed by atoms with Gasteiger partial charge in [-0.25, -0.2) is 9.48 Å². The van der Waals surface area contributed by atoms with Crippen molar-refractivity contribution < 1.29 is 9.59 Å². The highest BCUT2D eigenvalue weighted by Crippen LogP contribution is 2.37. The normalized spacial score (nSPS) is 18.5. The highest BCUT2D eigenvalue weighted by atomic mass is 16.2. The van der Waals surface area contributed by atoms with E-state index < -0.39 is 5.54 Å². The minimum atomic E-state index is -0.687. The predicted molar refractivity (Wildman–Crippen MR) is 127 cm³/mol. The number of rotatable bonds is 5. The second-order valence-corrected chi connectivity index (χ2v) is 8.85. The minimum Gasteiger partial charge on any atom is -0.310 e. The first-order valence-corrected chi connectivity index (χ1v) is 11.5.